The Bertz CT molecular complexity index is 935. The van der Waals surface area contributed by atoms with Crippen LogP contribution >= 0.6 is 22.9 Å². The van der Waals surface area contributed by atoms with Gasteiger partial charge in [0.25, 0.3) is 5.91 Å². The fraction of sp³-hybridized carbons (Fsp3) is 0.333. The smallest absolute Gasteiger partial charge is 0.263 e. The Balaban J connectivity index is 1.37. The molecule has 140 valence electrons. The average molecular weight is 400 g/mol. The molecule has 2 aromatic heterocycles. The van der Waals surface area contributed by atoms with Crippen LogP contribution in [-0.4, -0.2) is 34.9 Å². The number of hydrogen-bond acceptors (Lipinski definition) is 4. The fourth-order valence-corrected chi connectivity index (χ4v) is 5.12. The normalized spacial score (nSPS) is 17.1. The number of amides is 1. The quantitative estimate of drug-likeness (QED) is 0.678. The number of thiophene rings is 1. The number of aromatic nitrogens is 1. The first-order chi connectivity index (χ1) is 13.1. The largest absolute Gasteiger partial charge is 0.348 e. The van der Waals surface area contributed by atoms with E-state index in [0.29, 0.717) is 15.9 Å². The van der Waals surface area contributed by atoms with Crippen LogP contribution in [0.2, 0.25) is 5.02 Å². The van der Waals surface area contributed by atoms with E-state index in [1.807, 2.05) is 36.7 Å². The number of fused-ring (bicyclic) bond motifs is 1. The van der Waals surface area contributed by atoms with Crippen LogP contribution in [0.15, 0.2) is 48.8 Å². The highest BCUT2D eigenvalue weighted by molar-refractivity contribution is 7.21. The third-order valence-corrected chi connectivity index (χ3v) is 7.02. The Hall–Kier alpha value is -1.95. The molecule has 1 aliphatic rings. The van der Waals surface area contributed by atoms with Gasteiger partial charge in [0, 0.05) is 47.7 Å². The van der Waals surface area contributed by atoms with E-state index in [4.69, 9.17) is 11.6 Å². The van der Waals surface area contributed by atoms with Crippen molar-refractivity contribution in [3.8, 4) is 0 Å². The van der Waals surface area contributed by atoms with Gasteiger partial charge in [0.1, 0.15) is 4.88 Å². The lowest BCUT2D eigenvalue weighted by atomic mass is 10.0. The van der Waals surface area contributed by atoms with E-state index >= 15 is 0 Å². The predicted molar refractivity (Wildman–Crippen MR) is 112 cm³/mol. The first-order valence-electron chi connectivity index (χ1n) is 9.25. The number of carbonyl (C=O) groups is 1. The van der Waals surface area contributed by atoms with Crippen molar-refractivity contribution < 1.29 is 4.79 Å². The summed E-state index contributed by atoms with van der Waals surface area (Å²) in [5, 5.41) is 4.71. The van der Waals surface area contributed by atoms with Crippen LogP contribution in [0.5, 0.6) is 0 Å². The van der Waals surface area contributed by atoms with Gasteiger partial charge in [-0.3, -0.25) is 14.7 Å². The summed E-state index contributed by atoms with van der Waals surface area (Å²) in [5.74, 6) is -0.0539. The third kappa shape index (κ3) is 3.86. The van der Waals surface area contributed by atoms with E-state index < -0.39 is 0 Å². The zero-order valence-corrected chi connectivity index (χ0v) is 16.8. The first kappa shape index (κ1) is 18.4. The lowest BCUT2D eigenvalue weighted by molar-refractivity contribution is 0.0900. The number of hydrogen-bond donors (Lipinski definition) is 1. The summed E-state index contributed by atoms with van der Waals surface area (Å²) in [6.07, 6.45) is 5.58. The molecule has 0 spiro atoms. The van der Waals surface area contributed by atoms with E-state index in [9.17, 15) is 4.79 Å². The predicted octanol–water partition coefficient (Wildman–Crippen LogP) is 4.91. The summed E-state index contributed by atoms with van der Waals surface area (Å²) in [4.78, 5) is 19.9. The Morgan fingerprint density at radius 2 is 1.93 bits per heavy atom. The molecule has 4 rings (SSSR count). The van der Waals surface area contributed by atoms with Crippen molar-refractivity contribution in [2.45, 2.75) is 31.8 Å². The van der Waals surface area contributed by atoms with Gasteiger partial charge in [-0.15, -0.1) is 11.3 Å². The standard InChI is InChI=1S/C21H22ClN3OS/c1-14(15-6-10-23-11-7-15)25-12-8-16(9-13-25)24-21(26)20-19(22)17-4-2-3-5-18(17)27-20/h2-7,10-11,14,16H,8-9,12-13H2,1H3,(H,24,26). The van der Waals surface area contributed by atoms with Crippen molar-refractivity contribution >= 4 is 38.9 Å². The van der Waals surface area contributed by atoms with Crippen LogP contribution in [-0.2, 0) is 0 Å². The summed E-state index contributed by atoms with van der Waals surface area (Å²) >= 11 is 7.90. The molecule has 1 atom stereocenters. The first-order valence-corrected chi connectivity index (χ1v) is 10.4. The molecule has 27 heavy (non-hydrogen) atoms. The lowest BCUT2D eigenvalue weighted by Gasteiger charge is -2.36. The number of nitrogens with zero attached hydrogens (tertiary/aromatic N) is 2. The second-order valence-corrected chi connectivity index (χ2v) is 8.41. The van der Waals surface area contributed by atoms with Crippen molar-refractivity contribution in [2.75, 3.05) is 13.1 Å². The van der Waals surface area contributed by atoms with Crippen LogP contribution in [0.4, 0.5) is 0 Å². The van der Waals surface area contributed by atoms with Gasteiger partial charge in [-0.2, -0.15) is 0 Å². The molecule has 0 aliphatic carbocycles. The Labute approximate surface area is 168 Å². The van der Waals surface area contributed by atoms with Crippen molar-refractivity contribution in [3.05, 3.63) is 64.3 Å². The number of pyridine rings is 1. The van der Waals surface area contributed by atoms with E-state index in [0.717, 1.165) is 36.0 Å². The number of rotatable bonds is 4. The molecule has 1 amide bonds. The molecule has 1 fully saturated rings. The summed E-state index contributed by atoms with van der Waals surface area (Å²) < 4.78 is 1.05. The second kappa shape index (κ2) is 7.97. The number of carbonyl (C=O) groups excluding carboxylic acids is 1. The van der Waals surface area contributed by atoms with Crippen molar-refractivity contribution in [1.29, 1.82) is 0 Å². The number of halogens is 1. The number of likely N-dealkylation sites (tertiary alicyclic amines) is 1. The van der Waals surface area contributed by atoms with Crippen LogP contribution in [0.3, 0.4) is 0 Å². The number of nitrogens with one attached hydrogen (secondary N) is 1. The Morgan fingerprint density at radius 3 is 2.63 bits per heavy atom. The van der Waals surface area contributed by atoms with E-state index in [1.54, 1.807) is 0 Å². The van der Waals surface area contributed by atoms with Crippen LogP contribution in [0.25, 0.3) is 10.1 Å². The zero-order chi connectivity index (χ0) is 18.8. The summed E-state index contributed by atoms with van der Waals surface area (Å²) in [6.45, 7) is 4.16. The maximum Gasteiger partial charge on any atom is 0.263 e. The Morgan fingerprint density at radius 1 is 1.22 bits per heavy atom. The minimum Gasteiger partial charge on any atom is -0.348 e. The van der Waals surface area contributed by atoms with Gasteiger partial charge in [0.05, 0.1) is 5.02 Å². The molecule has 3 heterocycles. The van der Waals surface area contributed by atoms with Gasteiger partial charge in [0.15, 0.2) is 0 Å². The SMILES string of the molecule is CC(c1ccncc1)N1CCC(NC(=O)c2sc3ccccc3c2Cl)CC1. The molecule has 0 radical (unpaired) electrons. The highest BCUT2D eigenvalue weighted by Crippen LogP contribution is 2.35. The average Bonchev–Trinajstić information content (AvgIpc) is 3.06. The lowest BCUT2D eigenvalue weighted by Crippen LogP contribution is -2.45. The van der Waals surface area contributed by atoms with Gasteiger partial charge in [-0.25, -0.2) is 0 Å². The van der Waals surface area contributed by atoms with E-state index in [1.165, 1.54) is 16.9 Å². The minimum absolute atomic E-state index is 0.0539. The monoisotopic (exact) mass is 399 g/mol. The van der Waals surface area contributed by atoms with E-state index in [2.05, 4.69) is 34.3 Å². The van der Waals surface area contributed by atoms with Crippen molar-refractivity contribution in [2.24, 2.45) is 0 Å². The molecular formula is C21H22ClN3OS. The molecule has 0 bridgehead atoms. The van der Waals surface area contributed by atoms with Crippen molar-refractivity contribution in [1.82, 2.24) is 15.2 Å². The Kier molecular flexibility index (Phi) is 5.43. The molecule has 6 heteroatoms. The molecule has 1 aromatic carbocycles. The molecule has 1 N–H and O–H groups in total. The number of piperidine rings is 1. The van der Waals surface area contributed by atoms with Gasteiger partial charge >= 0.3 is 0 Å². The summed E-state index contributed by atoms with van der Waals surface area (Å²) in [5.41, 5.74) is 1.28. The maximum absolute atomic E-state index is 12.7. The third-order valence-electron chi connectivity index (χ3n) is 5.34. The molecule has 1 saturated heterocycles. The summed E-state index contributed by atoms with van der Waals surface area (Å²) in [6, 6.07) is 12.6. The fourth-order valence-electron chi connectivity index (χ4n) is 3.69. The minimum atomic E-state index is -0.0539. The highest BCUT2D eigenvalue weighted by atomic mass is 35.5. The molecule has 0 saturated carbocycles. The molecule has 1 aliphatic heterocycles. The number of benzene rings is 1. The van der Waals surface area contributed by atoms with E-state index in [-0.39, 0.29) is 11.9 Å². The van der Waals surface area contributed by atoms with Crippen LogP contribution in [0, 0.1) is 0 Å². The second-order valence-electron chi connectivity index (χ2n) is 6.98. The molecular weight excluding hydrogens is 378 g/mol. The van der Waals surface area contributed by atoms with Gasteiger partial charge in [-0.05, 0) is 43.5 Å². The van der Waals surface area contributed by atoms with Crippen LogP contribution < -0.4 is 5.32 Å². The molecule has 4 nitrogen and oxygen atoms in total. The van der Waals surface area contributed by atoms with Crippen molar-refractivity contribution in [3.63, 3.8) is 0 Å². The topological polar surface area (TPSA) is 45.2 Å². The highest BCUT2D eigenvalue weighted by Gasteiger charge is 2.26. The zero-order valence-electron chi connectivity index (χ0n) is 15.2. The summed E-state index contributed by atoms with van der Waals surface area (Å²) in [7, 11) is 0. The van der Waals surface area contributed by atoms with Gasteiger partial charge in [-0.1, -0.05) is 29.8 Å². The van der Waals surface area contributed by atoms with Gasteiger partial charge < -0.3 is 5.32 Å². The van der Waals surface area contributed by atoms with Crippen LogP contribution in [0.1, 0.15) is 41.0 Å². The van der Waals surface area contributed by atoms with Gasteiger partial charge in [0.2, 0.25) is 0 Å². The maximum atomic E-state index is 12.7. The molecule has 1 unspecified atom stereocenters. The molecule has 3 aromatic rings.